The number of carbonyl (C=O) groups is 1. The molecule has 0 aliphatic carbocycles. The molecule has 0 saturated carbocycles. The molecule has 0 radical (unpaired) electrons. The summed E-state index contributed by atoms with van der Waals surface area (Å²) >= 11 is 0. The molecule has 2 aromatic rings. The summed E-state index contributed by atoms with van der Waals surface area (Å²) in [4.78, 5) is 14.0. The fourth-order valence-electron chi connectivity index (χ4n) is 3.46. The summed E-state index contributed by atoms with van der Waals surface area (Å²) in [6.45, 7) is 2.75. The number of rotatable bonds is 5. The molecule has 27 heavy (non-hydrogen) atoms. The minimum atomic E-state index is -0.233. The van der Waals surface area contributed by atoms with Crippen LogP contribution in [0.5, 0.6) is 11.5 Å². The van der Waals surface area contributed by atoms with Crippen LogP contribution in [0.3, 0.4) is 0 Å². The summed E-state index contributed by atoms with van der Waals surface area (Å²) in [7, 11) is 0. The van der Waals surface area contributed by atoms with E-state index < -0.39 is 0 Å². The van der Waals surface area contributed by atoms with Gasteiger partial charge in [0.05, 0.1) is 0 Å². The predicted molar refractivity (Wildman–Crippen MR) is 101 cm³/mol. The Bertz CT molecular complexity index is 773. The summed E-state index contributed by atoms with van der Waals surface area (Å²) in [6, 6.07) is 16.1. The van der Waals surface area contributed by atoms with Crippen molar-refractivity contribution >= 4 is 6.09 Å². The first-order chi connectivity index (χ1) is 13.3. The highest BCUT2D eigenvalue weighted by molar-refractivity contribution is 5.67. The highest BCUT2D eigenvalue weighted by atomic mass is 16.7. The largest absolute Gasteiger partial charge is 0.454 e. The number of nitrogens with one attached hydrogen (secondary N) is 1. The number of hydrogen-bond acceptors (Lipinski definition) is 5. The van der Waals surface area contributed by atoms with Gasteiger partial charge in [0.2, 0.25) is 6.79 Å². The number of piperidine rings is 1. The third-order valence-electron chi connectivity index (χ3n) is 5.02. The molecule has 2 aliphatic rings. The van der Waals surface area contributed by atoms with Crippen molar-refractivity contribution in [3.05, 3.63) is 59.7 Å². The van der Waals surface area contributed by atoms with Gasteiger partial charge in [0, 0.05) is 31.2 Å². The van der Waals surface area contributed by atoms with E-state index in [0.29, 0.717) is 25.7 Å². The van der Waals surface area contributed by atoms with Crippen LogP contribution in [0.1, 0.15) is 24.0 Å². The Morgan fingerprint density at radius 3 is 2.70 bits per heavy atom. The van der Waals surface area contributed by atoms with E-state index in [1.54, 1.807) is 4.90 Å². The van der Waals surface area contributed by atoms with Gasteiger partial charge in [-0.2, -0.15) is 0 Å². The van der Waals surface area contributed by atoms with Crippen LogP contribution in [0, 0.1) is 0 Å². The van der Waals surface area contributed by atoms with Crippen LogP contribution >= 0.6 is 0 Å². The summed E-state index contributed by atoms with van der Waals surface area (Å²) < 4.78 is 16.4. The standard InChI is InChI=1S/C21H24N2O4/c24-21(25-14-16-5-2-1-3-6-16)23-11-9-18(10-12-23)22-13-17-7-4-8-19-20(17)27-15-26-19/h1-8,18,22H,9-15H2. The Kier molecular flexibility index (Phi) is 5.44. The number of amides is 1. The maximum Gasteiger partial charge on any atom is 0.410 e. The molecule has 2 heterocycles. The molecule has 2 aromatic carbocycles. The number of benzene rings is 2. The molecule has 2 aliphatic heterocycles. The molecule has 1 amide bonds. The summed E-state index contributed by atoms with van der Waals surface area (Å²) in [5, 5.41) is 3.57. The summed E-state index contributed by atoms with van der Waals surface area (Å²) in [5.74, 6) is 1.65. The lowest BCUT2D eigenvalue weighted by molar-refractivity contribution is 0.0852. The van der Waals surface area contributed by atoms with E-state index in [1.165, 1.54) is 0 Å². The molecule has 6 nitrogen and oxygen atoms in total. The van der Waals surface area contributed by atoms with Crippen molar-refractivity contribution in [3.8, 4) is 11.5 Å². The molecule has 1 saturated heterocycles. The monoisotopic (exact) mass is 368 g/mol. The summed E-state index contributed by atoms with van der Waals surface area (Å²) in [6.07, 6.45) is 1.59. The molecule has 6 heteroatoms. The molecule has 0 spiro atoms. The van der Waals surface area contributed by atoms with Crippen molar-refractivity contribution < 1.29 is 19.0 Å². The zero-order valence-corrected chi connectivity index (χ0v) is 15.2. The first-order valence-electron chi connectivity index (χ1n) is 9.36. The number of hydrogen-bond donors (Lipinski definition) is 1. The van der Waals surface area contributed by atoms with Crippen molar-refractivity contribution in [1.82, 2.24) is 10.2 Å². The molecule has 4 rings (SSSR count). The minimum Gasteiger partial charge on any atom is -0.454 e. The molecular formula is C21H24N2O4. The fourth-order valence-corrected chi connectivity index (χ4v) is 3.46. The van der Waals surface area contributed by atoms with Gasteiger partial charge >= 0.3 is 6.09 Å². The van der Waals surface area contributed by atoms with E-state index in [-0.39, 0.29) is 12.9 Å². The van der Waals surface area contributed by atoms with Gasteiger partial charge < -0.3 is 24.4 Å². The first-order valence-corrected chi connectivity index (χ1v) is 9.36. The van der Waals surface area contributed by atoms with Gasteiger partial charge in [0.15, 0.2) is 11.5 Å². The van der Waals surface area contributed by atoms with Crippen LogP contribution < -0.4 is 14.8 Å². The second kappa shape index (κ2) is 8.31. The van der Waals surface area contributed by atoms with Crippen molar-refractivity contribution in [2.24, 2.45) is 0 Å². The molecule has 0 aromatic heterocycles. The molecule has 1 fully saturated rings. The van der Waals surface area contributed by atoms with Gasteiger partial charge in [-0.1, -0.05) is 42.5 Å². The lowest BCUT2D eigenvalue weighted by Crippen LogP contribution is -2.44. The molecule has 142 valence electrons. The van der Waals surface area contributed by atoms with Crippen molar-refractivity contribution in [2.75, 3.05) is 19.9 Å². The van der Waals surface area contributed by atoms with E-state index in [0.717, 1.165) is 42.0 Å². The maximum absolute atomic E-state index is 12.2. The van der Waals surface area contributed by atoms with E-state index in [4.69, 9.17) is 14.2 Å². The molecule has 0 unspecified atom stereocenters. The first kappa shape index (κ1) is 17.7. The predicted octanol–water partition coefficient (Wildman–Crippen LogP) is 3.31. The Hall–Kier alpha value is -2.73. The van der Waals surface area contributed by atoms with Gasteiger partial charge in [0.25, 0.3) is 0 Å². The van der Waals surface area contributed by atoms with E-state index in [1.807, 2.05) is 42.5 Å². The van der Waals surface area contributed by atoms with Crippen LogP contribution in [-0.4, -0.2) is 36.9 Å². The van der Waals surface area contributed by atoms with Crippen molar-refractivity contribution in [3.63, 3.8) is 0 Å². The van der Waals surface area contributed by atoms with E-state index in [9.17, 15) is 4.79 Å². The van der Waals surface area contributed by atoms with Crippen LogP contribution in [0.25, 0.3) is 0 Å². The SMILES string of the molecule is O=C(OCc1ccccc1)N1CCC(NCc2cccc3c2OCO3)CC1. The third-order valence-corrected chi connectivity index (χ3v) is 5.02. The smallest absolute Gasteiger partial charge is 0.410 e. The number of fused-ring (bicyclic) bond motifs is 1. The highest BCUT2D eigenvalue weighted by Gasteiger charge is 2.24. The average molecular weight is 368 g/mol. The van der Waals surface area contributed by atoms with Gasteiger partial charge in [-0.05, 0) is 24.5 Å². The number of nitrogens with zero attached hydrogens (tertiary/aromatic N) is 1. The Labute approximate surface area is 159 Å². The van der Waals surface area contributed by atoms with E-state index in [2.05, 4.69) is 11.4 Å². The van der Waals surface area contributed by atoms with Gasteiger partial charge in [-0.3, -0.25) is 0 Å². The van der Waals surface area contributed by atoms with Gasteiger partial charge in [-0.15, -0.1) is 0 Å². The number of ether oxygens (including phenoxy) is 3. The lowest BCUT2D eigenvalue weighted by Gasteiger charge is -2.32. The normalized spacial score (nSPS) is 16.4. The van der Waals surface area contributed by atoms with Crippen molar-refractivity contribution in [2.45, 2.75) is 32.0 Å². The second-order valence-electron chi connectivity index (χ2n) is 6.83. The number of carbonyl (C=O) groups excluding carboxylic acids is 1. The highest BCUT2D eigenvalue weighted by Crippen LogP contribution is 2.35. The topological polar surface area (TPSA) is 60.0 Å². The van der Waals surface area contributed by atoms with Crippen LogP contribution in [-0.2, 0) is 17.9 Å². The summed E-state index contributed by atoms with van der Waals surface area (Å²) in [5.41, 5.74) is 2.11. The second-order valence-corrected chi connectivity index (χ2v) is 6.83. The lowest BCUT2D eigenvalue weighted by atomic mass is 10.0. The zero-order valence-electron chi connectivity index (χ0n) is 15.2. The molecule has 0 bridgehead atoms. The zero-order chi connectivity index (χ0) is 18.5. The van der Waals surface area contributed by atoms with Crippen molar-refractivity contribution in [1.29, 1.82) is 0 Å². The number of likely N-dealkylation sites (tertiary alicyclic amines) is 1. The number of para-hydroxylation sites is 1. The Morgan fingerprint density at radius 2 is 1.89 bits per heavy atom. The van der Waals surface area contributed by atoms with Gasteiger partial charge in [0.1, 0.15) is 6.61 Å². The average Bonchev–Trinajstić information content (AvgIpc) is 3.21. The van der Waals surface area contributed by atoms with Crippen LogP contribution in [0.2, 0.25) is 0 Å². The Morgan fingerprint density at radius 1 is 1.07 bits per heavy atom. The Balaban J connectivity index is 1.21. The quantitative estimate of drug-likeness (QED) is 0.877. The van der Waals surface area contributed by atoms with Gasteiger partial charge in [-0.25, -0.2) is 4.79 Å². The molecular weight excluding hydrogens is 344 g/mol. The fraction of sp³-hybridized carbons (Fsp3) is 0.381. The minimum absolute atomic E-state index is 0.233. The van der Waals surface area contributed by atoms with Crippen LogP contribution in [0.4, 0.5) is 4.79 Å². The van der Waals surface area contributed by atoms with Crippen LogP contribution in [0.15, 0.2) is 48.5 Å². The third kappa shape index (κ3) is 4.34. The maximum atomic E-state index is 12.2. The van der Waals surface area contributed by atoms with E-state index >= 15 is 0 Å². The molecule has 0 atom stereocenters. The molecule has 1 N–H and O–H groups in total.